The molecule has 0 aromatic heterocycles. The summed E-state index contributed by atoms with van der Waals surface area (Å²) in [6.45, 7) is 14.5. The standard InChI is InChI=1S/C18H30O2/c1-7-17(5,6)16(19)20-18(12(2)3)11-13(4)14-9-8-10-15(14)18/h13-15H,2,7-11H2,1,3-6H3. The second-order valence-corrected chi connectivity index (χ2v) is 7.68. The molecule has 0 aliphatic heterocycles. The predicted molar refractivity (Wildman–Crippen MR) is 82.3 cm³/mol. The van der Waals surface area contributed by atoms with Crippen LogP contribution in [-0.2, 0) is 9.53 Å². The van der Waals surface area contributed by atoms with E-state index >= 15 is 0 Å². The molecule has 2 aliphatic carbocycles. The van der Waals surface area contributed by atoms with Gasteiger partial charge in [-0.1, -0.05) is 26.8 Å². The van der Waals surface area contributed by atoms with Gasteiger partial charge in [0.2, 0.25) is 0 Å². The van der Waals surface area contributed by atoms with Crippen molar-refractivity contribution in [1.82, 2.24) is 0 Å². The summed E-state index contributed by atoms with van der Waals surface area (Å²) >= 11 is 0. The molecule has 2 aliphatic rings. The van der Waals surface area contributed by atoms with Gasteiger partial charge in [-0.15, -0.1) is 0 Å². The summed E-state index contributed by atoms with van der Waals surface area (Å²) in [5.41, 5.74) is 0.242. The van der Waals surface area contributed by atoms with Crippen molar-refractivity contribution in [2.24, 2.45) is 23.2 Å². The van der Waals surface area contributed by atoms with Gasteiger partial charge in [0.15, 0.2) is 0 Å². The van der Waals surface area contributed by atoms with Crippen molar-refractivity contribution in [3.05, 3.63) is 12.2 Å². The summed E-state index contributed by atoms with van der Waals surface area (Å²) in [5, 5.41) is 0. The number of rotatable bonds is 4. The highest BCUT2D eigenvalue weighted by atomic mass is 16.6. The van der Waals surface area contributed by atoms with Crippen LogP contribution in [0.25, 0.3) is 0 Å². The Hall–Kier alpha value is -0.790. The highest BCUT2D eigenvalue weighted by molar-refractivity contribution is 5.76. The topological polar surface area (TPSA) is 26.3 Å². The van der Waals surface area contributed by atoms with Crippen LogP contribution >= 0.6 is 0 Å². The molecule has 4 unspecified atom stereocenters. The zero-order valence-electron chi connectivity index (χ0n) is 13.8. The normalized spacial score (nSPS) is 36.8. The monoisotopic (exact) mass is 278 g/mol. The van der Waals surface area contributed by atoms with Gasteiger partial charge >= 0.3 is 5.97 Å². The first-order valence-electron chi connectivity index (χ1n) is 8.14. The second-order valence-electron chi connectivity index (χ2n) is 7.68. The zero-order chi connectivity index (χ0) is 15.1. The van der Waals surface area contributed by atoms with E-state index in [1.54, 1.807) is 0 Å². The molecule has 2 heteroatoms. The van der Waals surface area contributed by atoms with E-state index in [0.717, 1.165) is 18.4 Å². The molecule has 0 aromatic carbocycles. The fourth-order valence-electron chi connectivity index (χ4n) is 4.17. The minimum atomic E-state index is -0.400. The predicted octanol–water partition coefficient (Wildman–Crippen LogP) is 4.74. The van der Waals surface area contributed by atoms with Gasteiger partial charge in [-0.25, -0.2) is 0 Å². The molecule has 0 bridgehead atoms. The number of ether oxygens (including phenoxy) is 1. The lowest BCUT2D eigenvalue weighted by molar-refractivity contribution is -0.170. The lowest BCUT2D eigenvalue weighted by Gasteiger charge is -2.38. The van der Waals surface area contributed by atoms with Gasteiger partial charge in [0, 0.05) is 5.92 Å². The smallest absolute Gasteiger partial charge is 0.312 e. The first-order chi connectivity index (χ1) is 9.24. The highest BCUT2D eigenvalue weighted by Gasteiger charge is 2.57. The minimum Gasteiger partial charge on any atom is -0.454 e. The van der Waals surface area contributed by atoms with Crippen molar-refractivity contribution in [2.75, 3.05) is 0 Å². The Kier molecular flexibility index (Phi) is 4.05. The zero-order valence-corrected chi connectivity index (χ0v) is 13.8. The summed E-state index contributed by atoms with van der Waals surface area (Å²) in [6, 6.07) is 0. The van der Waals surface area contributed by atoms with Crippen LogP contribution in [0.4, 0.5) is 0 Å². The van der Waals surface area contributed by atoms with Crippen LogP contribution in [0.2, 0.25) is 0 Å². The van der Waals surface area contributed by atoms with E-state index in [9.17, 15) is 4.79 Å². The van der Waals surface area contributed by atoms with E-state index in [2.05, 4.69) is 13.5 Å². The van der Waals surface area contributed by atoms with E-state index in [1.807, 2.05) is 27.7 Å². The number of hydrogen-bond donors (Lipinski definition) is 0. The average Bonchev–Trinajstić information content (AvgIpc) is 2.94. The summed E-state index contributed by atoms with van der Waals surface area (Å²) in [6.07, 6.45) is 5.51. The van der Waals surface area contributed by atoms with Crippen LogP contribution in [0.3, 0.4) is 0 Å². The van der Waals surface area contributed by atoms with Crippen LogP contribution in [0.15, 0.2) is 12.2 Å². The lowest BCUT2D eigenvalue weighted by atomic mass is 9.81. The SMILES string of the molecule is C=C(C)C1(OC(=O)C(C)(C)CC)CC(C)C2CCCC21. The molecule has 20 heavy (non-hydrogen) atoms. The largest absolute Gasteiger partial charge is 0.454 e. The quantitative estimate of drug-likeness (QED) is 0.548. The van der Waals surface area contributed by atoms with Gasteiger partial charge in [0.25, 0.3) is 0 Å². The molecule has 2 saturated carbocycles. The molecule has 0 radical (unpaired) electrons. The van der Waals surface area contributed by atoms with Crippen LogP contribution in [0, 0.1) is 23.2 Å². The second kappa shape index (κ2) is 5.20. The van der Waals surface area contributed by atoms with Crippen molar-refractivity contribution in [1.29, 1.82) is 0 Å². The Balaban J connectivity index is 2.28. The van der Waals surface area contributed by atoms with E-state index in [0.29, 0.717) is 17.8 Å². The van der Waals surface area contributed by atoms with Crippen molar-refractivity contribution in [3.8, 4) is 0 Å². The van der Waals surface area contributed by atoms with E-state index < -0.39 is 11.0 Å². The molecule has 2 rings (SSSR count). The molecule has 4 atom stereocenters. The van der Waals surface area contributed by atoms with Gasteiger partial charge < -0.3 is 4.74 Å². The number of hydrogen-bond acceptors (Lipinski definition) is 2. The van der Waals surface area contributed by atoms with Crippen molar-refractivity contribution < 1.29 is 9.53 Å². The van der Waals surface area contributed by atoms with Gasteiger partial charge in [-0.3, -0.25) is 4.79 Å². The minimum absolute atomic E-state index is 0.0530. The van der Waals surface area contributed by atoms with Crippen molar-refractivity contribution in [3.63, 3.8) is 0 Å². The molecule has 0 aromatic rings. The Morgan fingerprint density at radius 3 is 2.60 bits per heavy atom. The molecular formula is C18H30O2. The fourth-order valence-corrected chi connectivity index (χ4v) is 4.17. The third kappa shape index (κ3) is 2.31. The maximum absolute atomic E-state index is 12.6. The first kappa shape index (κ1) is 15.6. The number of carbonyl (C=O) groups excluding carboxylic acids is 1. The van der Waals surface area contributed by atoms with Crippen LogP contribution in [0.5, 0.6) is 0 Å². The number of esters is 1. The Morgan fingerprint density at radius 2 is 2.05 bits per heavy atom. The average molecular weight is 278 g/mol. The molecule has 0 spiro atoms. The summed E-state index contributed by atoms with van der Waals surface area (Å²) in [5.74, 6) is 1.79. The molecule has 0 heterocycles. The Morgan fingerprint density at radius 1 is 1.40 bits per heavy atom. The summed E-state index contributed by atoms with van der Waals surface area (Å²) < 4.78 is 6.16. The molecular weight excluding hydrogens is 248 g/mol. The molecule has 2 fully saturated rings. The van der Waals surface area contributed by atoms with Gasteiger partial charge in [-0.05, 0) is 63.9 Å². The van der Waals surface area contributed by atoms with Crippen molar-refractivity contribution in [2.45, 2.75) is 72.3 Å². The van der Waals surface area contributed by atoms with Crippen LogP contribution in [0.1, 0.15) is 66.7 Å². The Bertz CT molecular complexity index is 410. The van der Waals surface area contributed by atoms with Crippen LogP contribution < -0.4 is 0 Å². The molecule has 0 N–H and O–H groups in total. The maximum Gasteiger partial charge on any atom is 0.312 e. The molecule has 0 saturated heterocycles. The third-order valence-corrected chi connectivity index (χ3v) is 5.96. The first-order valence-corrected chi connectivity index (χ1v) is 8.14. The van der Waals surface area contributed by atoms with Crippen LogP contribution in [-0.4, -0.2) is 11.6 Å². The van der Waals surface area contributed by atoms with Gasteiger partial charge in [0.05, 0.1) is 5.41 Å². The third-order valence-electron chi connectivity index (χ3n) is 5.96. The van der Waals surface area contributed by atoms with E-state index in [1.165, 1.54) is 19.3 Å². The number of carbonyl (C=O) groups is 1. The molecule has 114 valence electrons. The van der Waals surface area contributed by atoms with E-state index in [-0.39, 0.29) is 5.97 Å². The van der Waals surface area contributed by atoms with Gasteiger partial charge in [0.1, 0.15) is 5.60 Å². The Labute approximate surface area is 124 Å². The van der Waals surface area contributed by atoms with Gasteiger partial charge in [-0.2, -0.15) is 0 Å². The molecule has 0 amide bonds. The maximum atomic E-state index is 12.6. The lowest BCUT2D eigenvalue weighted by Crippen LogP contribution is -2.43. The van der Waals surface area contributed by atoms with Crippen molar-refractivity contribution >= 4 is 5.97 Å². The molecule has 2 nitrogen and oxygen atoms in total. The fraction of sp³-hybridized carbons (Fsp3) is 0.833. The highest BCUT2D eigenvalue weighted by Crippen LogP contribution is 2.57. The summed E-state index contributed by atoms with van der Waals surface area (Å²) in [4.78, 5) is 12.6. The number of fused-ring (bicyclic) bond motifs is 1. The van der Waals surface area contributed by atoms with E-state index in [4.69, 9.17) is 4.74 Å². The summed E-state index contributed by atoms with van der Waals surface area (Å²) in [7, 11) is 0.